The fourth-order valence-electron chi connectivity index (χ4n) is 1.78. The fraction of sp³-hybridized carbons (Fsp3) is 0.875. The van der Waals surface area contributed by atoms with Crippen molar-refractivity contribution < 1.29 is 14.3 Å². The van der Waals surface area contributed by atoms with E-state index < -0.39 is 0 Å². The monoisotopic (exact) mass is 171 g/mol. The van der Waals surface area contributed by atoms with Gasteiger partial charge < -0.3 is 14.8 Å². The summed E-state index contributed by atoms with van der Waals surface area (Å²) in [5.41, 5.74) is -0.201. The first-order chi connectivity index (χ1) is 5.71. The molecule has 0 aromatic heterocycles. The smallest absolute Gasteiger partial charge is 0.407 e. The molecule has 2 saturated heterocycles. The predicted octanol–water partition coefficient (Wildman–Crippen LogP) is 0.521. The Morgan fingerprint density at radius 3 is 3.00 bits per heavy atom. The minimum atomic E-state index is -0.301. The number of ether oxygens (including phenoxy) is 2. The van der Waals surface area contributed by atoms with Crippen LogP contribution in [-0.4, -0.2) is 31.5 Å². The van der Waals surface area contributed by atoms with E-state index in [9.17, 15) is 4.79 Å². The normalized spacial score (nSPS) is 41.1. The molecule has 1 amide bonds. The standard InChI is InChI=1S/C8H13NO3/c1-8(5-12-7(10)9-8)6-2-3-11-4-6/h6H,2-5H2,1H3,(H,9,10). The third-order valence-electron chi connectivity index (χ3n) is 2.72. The molecule has 68 valence electrons. The molecule has 2 fully saturated rings. The fourth-order valence-corrected chi connectivity index (χ4v) is 1.78. The van der Waals surface area contributed by atoms with Crippen LogP contribution in [0.15, 0.2) is 0 Å². The van der Waals surface area contributed by atoms with Crippen molar-refractivity contribution in [2.75, 3.05) is 19.8 Å². The number of alkyl carbamates (subject to hydrolysis) is 1. The van der Waals surface area contributed by atoms with Crippen molar-refractivity contribution >= 4 is 6.09 Å². The van der Waals surface area contributed by atoms with E-state index in [0.717, 1.165) is 19.6 Å². The molecule has 0 radical (unpaired) electrons. The molecule has 0 saturated carbocycles. The molecule has 0 aromatic carbocycles. The molecular weight excluding hydrogens is 158 g/mol. The number of rotatable bonds is 1. The highest BCUT2D eigenvalue weighted by Crippen LogP contribution is 2.28. The highest BCUT2D eigenvalue weighted by Gasteiger charge is 2.43. The molecule has 2 aliphatic rings. The van der Waals surface area contributed by atoms with Crippen LogP contribution in [0, 0.1) is 5.92 Å². The van der Waals surface area contributed by atoms with E-state index in [2.05, 4.69) is 5.32 Å². The van der Waals surface area contributed by atoms with Crippen LogP contribution in [0.3, 0.4) is 0 Å². The van der Waals surface area contributed by atoms with Crippen LogP contribution in [0.4, 0.5) is 4.79 Å². The van der Waals surface area contributed by atoms with Gasteiger partial charge in [0.25, 0.3) is 0 Å². The molecule has 0 bridgehead atoms. The Morgan fingerprint density at radius 1 is 1.67 bits per heavy atom. The molecular formula is C8H13NO3. The van der Waals surface area contributed by atoms with Crippen molar-refractivity contribution in [3.63, 3.8) is 0 Å². The molecule has 2 atom stereocenters. The Balaban J connectivity index is 2.05. The van der Waals surface area contributed by atoms with Gasteiger partial charge in [0.05, 0.1) is 12.1 Å². The Hall–Kier alpha value is -0.770. The zero-order chi connectivity index (χ0) is 8.60. The van der Waals surface area contributed by atoms with Crippen molar-refractivity contribution in [3.8, 4) is 0 Å². The number of cyclic esters (lactones) is 1. The number of amides is 1. The van der Waals surface area contributed by atoms with Crippen molar-refractivity contribution in [1.82, 2.24) is 5.32 Å². The first-order valence-corrected chi connectivity index (χ1v) is 4.23. The van der Waals surface area contributed by atoms with E-state index in [1.165, 1.54) is 0 Å². The zero-order valence-corrected chi connectivity index (χ0v) is 7.13. The molecule has 0 aromatic rings. The molecule has 4 heteroatoms. The molecule has 2 heterocycles. The van der Waals surface area contributed by atoms with E-state index in [0.29, 0.717) is 12.5 Å². The Morgan fingerprint density at radius 2 is 2.50 bits per heavy atom. The number of nitrogens with one attached hydrogen (secondary N) is 1. The number of carbonyl (C=O) groups excluding carboxylic acids is 1. The third-order valence-corrected chi connectivity index (χ3v) is 2.72. The van der Waals surface area contributed by atoms with Crippen LogP contribution < -0.4 is 5.32 Å². The van der Waals surface area contributed by atoms with Crippen LogP contribution in [0.5, 0.6) is 0 Å². The number of carbonyl (C=O) groups is 1. The summed E-state index contributed by atoms with van der Waals surface area (Å²) in [5, 5.41) is 2.83. The Kier molecular flexibility index (Phi) is 1.72. The summed E-state index contributed by atoms with van der Waals surface area (Å²) >= 11 is 0. The second kappa shape index (κ2) is 2.62. The van der Waals surface area contributed by atoms with Gasteiger partial charge in [-0.05, 0) is 13.3 Å². The van der Waals surface area contributed by atoms with E-state index in [-0.39, 0.29) is 11.6 Å². The summed E-state index contributed by atoms with van der Waals surface area (Å²) in [7, 11) is 0. The van der Waals surface area contributed by atoms with Gasteiger partial charge in [0.15, 0.2) is 0 Å². The minimum absolute atomic E-state index is 0.201. The summed E-state index contributed by atoms with van der Waals surface area (Å²) in [5.74, 6) is 0.406. The van der Waals surface area contributed by atoms with Gasteiger partial charge in [-0.1, -0.05) is 0 Å². The topological polar surface area (TPSA) is 47.6 Å². The Labute approximate surface area is 71.2 Å². The van der Waals surface area contributed by atoms with Crippen molar-refractivity contribution in [3.05, 3.63) is 0 Å². The van der Waals surface area contributed by atoms with Crippen LogP contribution in [0.1, 0.15) is 13.3 Å². The van der Waals surface area contributed by atoms with E-state index >= 15 is 0 Å². The maximum absolute atomic E-state index is 10.8. The molecule has 2 aliphatic heterocycles. The first-order valence-electron chi connectivity index (χ1n) is 4.23. The van der Waals surface area contributed by atoms with Gasteiger partial charge in [0.1, 0.15) is 6.61 Å². The summed E-state index contributed by atoms with van der Waals surface area (Å²) in [6.07, 6.45) is 0.713. The predicted molar refractivity (Wildman–Crippen MR) is 41.8 cm³/mol. The maximum atomic E-state index is 10.8. The molecule has 2 rings (SSSR count). The first kappa shape index (κ1) is 7.86. The van der Waals surface area contributed by atoms with Crippen LogP contribution in [0.2, 0.25) is 0 Å². The highest BCUT2D eigenvalue weighted by atomic mass is 16.6. The largest absolute Gasteiger partial charge is 0.447 e. The van der Waals surface area contributed by atoms with Crippen LogP contribution in [-0.2, 0) is 9.47 Å². The Bertz CT molecular complexity index is 200. The number of hydrogen-bond acceptors (Lipinski definition) is 3. The zero-order valence-electron chi connectivity index (χ0n) is 7.13. The lowest BCUT2D eigenvalue weighted by molar-refractivity contribution is 0.144. The van der Waals surface area contributed by atoms with Gasteiger partial charge in [-0.25, -0.2) is 4.79 Å². The van der Waals surface area contributed by atoms with Crippen molar-refractivity contribution in [2.45, 2.75) is 18.9 Å². The molecule has 12 heavy (non-hydrogen) atoms. The van der Waals surface area contributed by atoms with E-state index in [1.807, 2.05) is 6.92 Å². The van der Waals surface area contributed by atoms with Gasteiger partial charge in [0.2, 0.25) is 0 Å². The highest BCUT2D eigenvalue weighted by molar-refractivity contribution is 5.70. The SMILES string of the molecule is CC1(C2CCOC2)COC(=O)N1. The summed E-state index contributed by atoms with van der Waals surface area (Å²) < 4.78 is 10.1. The minimum Gasteiger partial charge on any atom is -0.447 e. The van der Waals surface area contributed by atoms with Crippen LogP contribution >= 0.6 is 0 Å². The van der Waals surface area contributed by atoms with Gasteiger partial charge in [-0.2, -0.15) is 0 Å². The lowest BCUT2D eigenvalue weighted by Gasteiger charge is -2.26. The molecule has 0 spiro atoms. The summed E-state index contributed by atoms with van der Waals surface area (Å²) in [4.78, 5) is 10.8. The van der Waals surface area contributed by atoms with Crippen LogP contribution in [0.25, 0.3) is 0 Å². The lowest BCUT2D eigenvalue weighted by atomic mass is 9.86. The molecule has 2 unspecified atom stereocenters. The molecule has 4 nitrogen and oxygen atoms in total. The third kappa shape index (κ3) is 1.16. The van der Waals surface area contributed by atoms with E-state index in [4.69, 9.17) is 9.47 Å². The summed E-state index contributed by atoms with van der Waals surface area (Å²) in [6.45, 7) is 4.02. The van der Waals surface area contributed by atoms with Gasteiger partial charge in [-0.3, -0.25) is 0 Å². The quantitative estimate of drug-likeness (QED) is 0.625. The van der Waals surface area contributed by atoms with E-state index in [1.54, 1.807) is 0 Å². The number of hydrogen-bond donors (Lipinski definition) is 1. The average Bonchev–Trinajstić information content (AvgIpc) is 2.59. The second-order valence-corrected chi connectivity index (χ2v) is 3.68. The molecule has 1 N–H and O–H groups in total. The van der Waals surface area contributed by atoms with Gasteiger partial charge in [0, 0.05) is 12.5 Å². The van der Waals surface area contributed by atoms with Crippen molar-refractivity contribution in [1.29, 1.82) is 0 Å². The van der Waals surface area contributed by atoms with Crippen molar-refractivity contribution in [2.24, 2.45) is 5.92 Å². The molecule has 0 aliphatic carbocycles. The maximum Gasteiger partial charge on any atom is 0.407 e. The summed E-state index contributed by atoms with van der Waals surface area (Å²) in [6, 6.07) is 0. The van der Waals surface area contributed by atoms with Gasteiger partial charge in [-0.15, -0.1) is 0 Å². The second-order valence-electron chi connectivity index (χ2n) is 3.68. The average molecular weight is 171 g/mol. The lowest BCUT2D eigenvalue weighted by Crippen LogP contribution is -2.47. The van der Waals surface area contributed by atoms with Gasteiger partial charge >= 0.3 is 6.09 Å².